The van der Waals surface area contributed by atoms with E-state index in [0.717, 1.165) is 12.1 Å². The van der Waals surface area contributed by atoms with Gasteiger partial charge in [0.15, 0.2) is 5.92 Å². The highest BCUT2D eigenvalue weighted by atomic mass is 127. The molecule has 2 aromatic rings. The third-order valence-electron chi connectivity index (χ3n) is 5.30. The van der Waals surface area contributed by atoms with Gasteiger partial charge in [0.25, 0.3) is 5.91 Å². The quantitative estimate of drug-likeness (QED) is 0.224. The highest BCUT2D eigenvalue weighted by molar-refractivity contribution is 14.1. The zero-order chi connectivity index (χ0) is 28.4. The summed E-state index contributed by atoms with van der Waals surface area (Å²) >= 11 is 1.68. The maximum absolute atomic E-state index is 14.2. The van der Waals surface area contributed by atoms with Crippen molar-refractivity contribution in [3.63, 3.8) is 0 Å². The van der Waals surface area contributed by atoms with Crippen LogP contribution in [0.3, 0.4) is 0 Å². The lowest BCUT2D eigenvalue weighted by Crippen LogP contribution is -2.59. The van der Waals surface area contributed by atoms with Crippen LogP contribution in [0.1, 0.15) is 11.6 Å². The number of hydrogen-bond acceptors (Lipinski definition) is 5. The monoisotopic (exact) mass is 663 g/mol. The number of rotatable bonds is 8. The third kappa shape index (κ3) is 6.46. The number of nitrogens with one attached hydrogen (secondary N) is 2. The Morgan fingerprint density at radius 2 is 1.68 bits per heavy atom. The van der Waals surface area contributed by atoms with E-state index >= 15 is 0 Å². The van der Waals surface area contributed by atoms with Crippen molar-refractivity contribution in [1.82, 2.24) is 10.2 Å². The Kier molecular flexibility index (Phi) is 8.75. The predicted molar refractivity (Wildman–Crippen MR) is 124 cm³/mol. The number of aliphatic hydroxyl groups is 1. The van der Waals surface area contributed by atoms with Crippen LogP contribution >= 0.6 is 22.6 Å². The van der Waals surface area contributed by atoms with Crippen LogP contribution in [0.4, 0.5) is 41.2 Å². The van der Waals surface area contributed by atoms with Crippen molar-refractivity contribution < 1.29 is 55.0 Å². The molecule has 1 saturated heterocycles. The number of benzene rings is 2. The van der Waals surface area contributed by atoms with Gasteiger partial charge in [0.2, 0.25) is 5.91 Å². The first-order valence-corrected chi connectivity index (χ1v) is 11.6. The average molecular weight is 663 g/mol. The van der Waals surface area contributed by atoms with E-state index in [9.17, 15) is 45.1 Å². The molecular weight excluding hydrogens is 646 g/mol. The zero-order valence-corrected chi connectivity index (χ0v) is 20.9. The van der Waals surface area contributed by atoms with Gasteiger partial charge in [0.05, 0.1) is 12.3 Å². The van der Waals surface area contributed by atoms with Gasteiger partial charge in [-0.2, -0.15) is 26.3 Å². The molecule has 1 aliphatic rings. The fraction of sp³-hybridized carbons (Fsp3) is 0.318. The van der Waals surface area contributed by atoms with Gasteiger partial charge in [-0.05, 0) is 58.5 Å². The molecule has 0 bridgehead atoms. The summed E-state index contributed by atoms with van der Waals surface area (Å²) in [5.74, 6) is -9.09. The first-order valence-electron chi connectivity index (χ1n) is 10.5. The van der Waals surface area contributed by atoms with Gasteiger partial charge in [-0.1, -0.05) is 12.1 Å². The van der Waals surface area contributed by atoms with Crippen LogP contribution in [0.2, 0.25) is 0 Å². The van der Waals surface area contributed by atoms with Gasteiger partial charge in [-0.15, -0.1) is 0 Å². The minimum Gasteiger partial charge on any atom is -0.491 e. The van der Waals surface area contributed by atoms with E-state index in [1.165, 1.54) is 30.3 Å². The summed E-state index contributed by atoms with van der Waals surface area (Å²) in [5, 5.41) is 12.4. The number of aliphatic hydroxyl groups excluding tert-OH is 1. The Labute approximate surface area is 223 Å². The molecule has 8 nitrogen and oxygen atoms in total. The molecular formula is C22H17F7IN3O5. The summed E-state index contributed by atoms with van der Waals surface area (Å²) in [4.78, 5) is 38.0. The first-order chi connectivity index (χ1) is 17.6. The molecule has 1 aliphatic heterocycles. The van der Waals surface area contributed by atoms with Crippen LogP contribution in [0.15, 0.2) is 42.5 Å². The van der Waals surface area contributed by atoms with Crippen molar-refractivity contribution in [2.24, 2.45) is 5.92 Å². The van der Waals surface area contributed by atoms with Gasteiger partial charge >= 0.3 is 18.4 Å². The second-order valence-corrected chi connectivity index (χ2v) is 9.10. The molecule has 3 rings (SSSR count). The van der Waals surface area contributed by atoms with Crippen LogP contribution in [0.25, 0.3) is 0 Å². The highest BCUT2D eigenvalue weighted by Gasteiger charge is 2.66. The lowest BCUT2D eigenvalue weighted by molar-refractivity contribution is -0.293. The number of alkyl halides is 6. The average Bonchev–Trinajstić information content (AvgIpc) is 3.10. The van der Waals surface area contributed by atoms with Crippen molar-refractivity contribution in [1.29, 1.82) is 0 Å². The van der Waals surface area contributed by atoms with Gasteiger partial charge in [-0.3, -0.25) is 9.59 Å². The Morgan fingerprint density at radius 1 is 1.08 bits per heavy atom. The molecule has 2 aromatic carbocycles. The molecule has 1 fully saturated rings. The van der Waals surface area contributed by atoms with Gasteiger partial charge in [-0.25, -0.2) is 14.1 Å². The largest absolute Gasteiger partial charge is 0.491 e. The number of ether oxygens (including phenoxy) is 1. The van der Waals surface area contributed by atoms with E-state index in [2.05, 4.69) is 0 Å². The Hall–Kier alpha value is -3.15. The number of amides is 4. The molecule has 1 heterocycles. The van der Waals surface area contributed by atoms with Crippen LogP contribution in [-0.4, -0.2) is 59.5 Å². The van der Waals surface area contributed by atoms with E-state index in [1.807, 2.05) is 5.32 Å². The minimum absolute atomic E-state index is 0.0411. The maximum atomic E-state index is 14.2. The summed E-state index contributed by atoms with van der Waals surface area (Å²) in [5.41, 5.74) is -0.800. The van der Waals surface area contributed by atoms with Crippen molar-refractivity contribution in [2.45, 2.75) is 24.4 Å². The molecule has 206 valence electrons. The highest BCUT2D eigenvalue weighted by Crippen LogP contribution is 2.44. The molecule has 0 aliphatic carbocycles. The summed E-state index contributed by atoms with van der Waals surface area (Å²) in [6.45, 7) is -0.399. The van der Waals surface area contributed by atoms with E-state index in [1.54, 1.807) is 27.9 Å². The molecule has 2 atom stereocenters. The maximum Gasteiger partial charge on any atom is 0.403 e. The van der Waals surface area contributed by atoms with Crippen LogP contribution in [-0.2, 0) is 9.59 Å². The van der Waals surface area contributed by atoms with Gasteiger partial charge in [0.1, 0.15) is 30.3 Å². The molecule has 0 saturated carbocycles. The summed E-state index contributed by atoms with van der Waals surface area (Å²) in [7, 11) is 0. The number of imide groups is 1. The summed E-state index contributed by atoms with van der Waals surface area (Å²) in [6.07, 6.45) is -12.3. The molecule has 0 radical (unpaired) electrons. The second-order valence-electron chi connectivity index (χ2n) is 7.85. The Balaban J connectivity index is 2.02. The van der Waals surface area contributed by atoms with Gasteiger partial charge < -0.3 is 20.5 Å². The molecule has 0 spiro atoms. The van der Waals surface area contributed by atoms with Gasteiger partial charge in [0, 0.05) is 3.57 Å². The van der Waals surface area contributed by atoms with Crippen molar-refractivity contribution in [3.05, 3.63) is 57.4 Å². The smallest absolute Gasteiger partial charge is 0.403 e. The number of nitrogens with zero attached hydrogens (tertiary/aromatic N) is 1. The Morgan fingerprint density at radius 3 is 2.21 bits per heavy atom. The van der Waals surface area contributed by atoms with Crippen molar-refractivity contribution in [2.75, 3.05) is 18.5 Å². The summed E-state index contributed by atoms with van der Waals surface area (Å²) < 4.78 is 102. The number of urea groups is 1. The molecule has 38 heavy (non-hydrogen) atoms. The SMILES string of the molecule is O=C(Nc1ccc(I)cc1F)[C@H](C(C(F)(F)F)C(F)(F)F)N1C(=O)N[C@H](c2ccc(OCCO)cc2)C1=O. The van der Waals surface area contributed by atoms with Crippen LogP contribution in [0, 0.1) is 15.3 Å². The standard InChI is InChI=1S/C22H17F7IN3O5/c23-13-9-11(30)3-6-14(13)31-18(35)16(17(21(24,25)26)22(27,28)29)33-19(36)15(32-20(33)37)10-1-4-12(5-2-10)38-8-7-34/h1-6,9,15-17,34H,7-8H2,(H,31,35)(H,32,37)/t15-,16+/m1/s1. The number of hydrogen-bond donors (Lipinski definition) is 3. The van der Waals surface area contributed by atoms with Crippen molar-refractivity contribution in [3.8, 4) is 5.75 Å². The van der Waals surface area contributed by atoms with E-state index in [-0.39, 0.29) is 24.5 Å². The number of carbonyl (C=O) groups is 3. The van der Waals surface area contributed by atoms with E-state index < -0.39 is 64.6 Å². The predicted octanol–water partition coefficient (Wildman–Crippen LogP) is 4.14. The summed E-state index contributed by atoms with van der Waals surface area (Å²) in [6, 6.07) is 1.07. The topological polar surface area (TPSA) is 108 Å². The zero-order valence-electron chi connectivity index (χ0n) is 18.7. The molecule has 4 amide bonds. The fourth-order valence-corrected chi connectivity index (χ4v) is 4.12. The number of carbonyl (C=O) groups excluding carboxylic acids is 3. The number of anilines is 1. The lowest BCUT2D eigenvalue weighted by atomic mass is 9.95. The Bertz CT molecular complexity index is 1190. The normalized spacial score (nSPS) is 17.0. The third-order valence-corrected chi connectivity index (χ3v) is 5.97. The van der Waals surface area contributed by atoms with Crippen LogP contribution < -0.4 is 15.4 Å². The molecule has 16 heteroatoms. The molecule has 3 N–H and O–H groups in total. The fourth-order valence-electron chi connectivity index (χ4n) is 3.66. The lowest BCUT2D eigenvalue weighted by Gasteiger charge is -2.33. The van der Waals surface area contributed by atoms with E-state index in [0.29, 0.717) is 3.57 Å². The van der Waals surface area contributed by atoms with Crippen LogP contribution in [0.5, 0.6) is 5.75 Å². The minimum atomic E-state index is -6.13. The van der Waals surface area contributed by atoms with E-state index in [4.69, 9.17) is 9.84 Å². The number of halogens is 8. The second kappa shape index (κ2) is 11.3. The molecule has 0 aromatic heterocycles. The first kappa shape index (κ1) is 29.4. The van der Waals surface area contributed by atoms with Crippen molar-refractivity contribution >= 4 is 46.1 Å². The molecule has 0 unspecified atom stereocenters.